The van der Waals surface area contributed by atoms with Crippen LogP contribution >= 0.6 is 0 Å². The summed E-state index contributed by atoms with van der Waals surface area (Å²) >= 11 is 0. The smallest absolute Gasteiger partial charge is 0.0564 e. The quantitative estimate of drug-likeness (QED) is 0.517. The average molecular weight is 78.1 g/mol. The molecule has 0 aromatic rings. The third-order valence-electron chi connectivity index (χ3n) is 0.256. The van der Waals surface area contributed by atoms with Gasteiger partial charge in [0.1, 0.15) is 0 Å². The lowest BCUT2D eigenvalue weighted by molar-refractivity contribution is 0.287. The van der Waals surface area contributed by atoms with E-state index in [0.717, 1.165) is 0 Å². The summed E-state index contributed by atoms with van der Waals surface area (Å²) in [5, 5.41) is 8.45. The highest BCUT2D eigenvalue weighted by Crippen LogP contribution is 1.78. The van der Waals surface area contributed by atoms with Gasteiger partial charge in [0.25, 0.3) is 0 Å². The van der Waals surface area contributed by atoms with Crippen molar-refractivity contribution in [1.82, 2.24) is 0 Å². The normalized spacial score (nSPS) is 26.0. The van der Waals surface area contributed by atoms with Crippen LogP contribution in [-0.4, -0.2) is 11.7 Å². The Kier molecular flexibility index (Phi) is 0.972. The van der Waals surface area contributed by atoms with Gasteiger partial charge < -0.3 is 5.11 Å². The molecule has 0 fully saturated rings. The molecular formula is C4H10O. The summed E-state index contributed by atoms with van der Waals surface area (Å²) in [6.45, 7) is -1.17. The van der Waals surface area contributed by atoms with Crippen molar-refractivity contribution in [1.29, 1.82) is 0 Å². The second kappa shape index (κ2) is 3.96. The minimum absolute atomic E-state index is 0.486. The van der Waals surface area contributed by atoms with E-state index in [1.807, 2.05) is 0 Å². The predicted molar refractivity (Wildman–Crippen MR) is 22.0 cm³/mol. The Labute approximate surface area is 38.2 Å². The van der Waals surface area contributed by atoms with Crippen molar-refractivity contribution in [2.24, 2.45) is 0 Å². The Morgan fingerprint density at radius 1 is 2.00 bits per heavy atom. The topological polar surface area (TPSA) is 20.2 Å². The molecule has 0 aliphatic rings. The van der Waals surface area contributed by atoms with Crippen molar-refractivity contribution < 1.29 is 10.6 Å². The molecular weight excluding hydrogens is 64.0 g/mol. The molecule has 32 valence electrons. The lowest BCUT2D eigenvalue weighted by Gasteiger charge is -1.79. The SMILES string of the molecule is [2H]C([2H])(C)CC([2H])([2H])O. The molecule has 0 aliphatic heterocycles. The van der Waals surface area contributed by atoms with Gasteiger partial charge in [0, 0.05) is 9.30 Å². The standard InChI is InChI=1S/C4H10O/c1-2-3-4-5/h5H,2-4H2,1H3/i2D2,4D2. The van der Waals surface area contributed by atoms with E-state index in [2.05, 4.69) is 0 Å². The fourth-order valence-corrected chi connectivity index (χ4v) is 0.0791. The van der Waals surface area contributed by atoms with Gasteiger partial charge in [-0.05, 0) is 6.42 Å². The van der Waals surface area contributed by atoms with E-state index in [9.17, 15) is 0 Å². The average Bonchev–Trinajstić information content (AvgIpc) is 1.14. The zero-order valence-electron chi connectivity index (χ0n) is 7.15. The number of hydrogen-bond acceptors (Lipinski definition) is 1. The summed E-state index contributed by atoms with van der Waals surface area (Å²) < 4.78 is 26.8. The zero-order chi connectivity index (χ0) is 7.71. The van der Waals surface area contributed by atoms with Crippen LogP contribution < -0.4 is 0 Å². The molecule has 0 bridgehead atoms. The molecule has 1 N–H and O–H groups in total. The second-order valence-electron chi connectivity index (χ2n) is 0.688. The lowest BCUT2D eigenvalue weighted by Crippen LogP contribution is -1.75. The molecule has 1 nitrogen and oxygen atoms in total. The summed E-state index contributed by atoms with van der Waals surface area (Å²) in [5.74, 6) is 0. The van der Waals surface area contributed by atoms with Crippen LogP contribution in [0.15, 0.2) is 0 Å². The fraction of sp³-hybridized carbons (Fsp3) is 1.00. The lowest BCUT2D eigenvalue weighted by atomic mass is 10.4. The third-order valence-corrected chi connectivity index (χ3v) is 0.256. The third kappa shape index (κ3) is 3.96. The summed E-state index contributed by atoms with van der Waals surface area (Å²) in [5.41, 5.74) is 0. The molecule has 0 aliphatic carbocycles. The van der Waals surface area contributed by atoms with Crippen LogP contribution in [0.3, 0.4) is 0 Å². The van der Waals surface area contributed by atoms with Gasteiger partial charge in [-0.25, -0.2) is 0 Å². The van der Waals surface area contributed by atoms with Crippen LogP contribution in [0.25, 0.3) is 0 Å². The summed E-state index contributed by atoms with van der Waals surface area (Å²) in [7, 11) is 0. The second-order valence-corrected chi connectivity index (χ2v) is 0.688. The molecule has 0 spiro atoms. The van der Waals surface area contributed by atoms with Gasteiger partial charge in [0.15, 0.2) is 0 Å². The molecule has 0 rings (SSSR count). The van der Waals surface area contributed by atoms with Gasteiger partial charge in [-0.2, -0.15) is 0 Å². The minimum atomic E-state index is -2.39. The molecule has 0 saturated heterocycles. The maximum Gasteiger partial charge on any atom is 0.0564 e. The maximum absolute atomic E-state index is 8.45. The Morgan fingerprint density at radius 3 is 2.60 bits per heavy atom. The van der Waals surface area contributed by atoms with Crippen LogP contribution in [0.5, 0.6) is 0 Å². The molecule has 0 aromatic carbocycles. The molecule has 0 saturated carbocycles. The first kappa shape index (κ1) is 1.23. The fourth-order valence-electron chi connectivity index (χ4n) is 0.0791. The highest BCUT2D eigenvalue weighted by Gasteiger charge is 1.69. The maximum atomic E-state index is 8.45. The number of rotatable bonds is 2. The Balaban J connectivity index is 3.75. The van der Waals surface area contributed by atoms with Crippen molar-refractivity contribution in [2.45, 2.75) is 19.7 Å². The number of hydrogen-bond donors (Lipinski definition) is 1. The van der Waals surface area contributed by atoms with Crippen LogP contribution in [0.1, 0.15) is 25.2 Å². The molecule has 0 heterocycles. The van der Waals surface area contributed by atoms with E-state index in [0.29, 0.717) is 0 Å². The van der Waals surface area contributed by atoms with Gasteiger partial charge in [-0.3, -0.25) is 0 Å². The summed E-state index contributed by atoms with van der Waals surface area (Å²) in [6, 6.07) is 0. The van der Waals surface area contributed by atoms with Crippen LogP contribution in [0.4, 0.5) is 0 Å². The van der Waals surface area contributed by atoms with Crippen molar-refractivity contribution in [2.75, 3.05) is 6.56 Å². The molecule has 0 unspecified atom stereocenters. The van der Waals surface area contributed by atoms with E-state index in [1.54, 1.807) is 0 Å². The minimum Gasteiger partial charge on any atom is -0.396 e. The molecule has 0 atom stereocenters. The molecule has 0 aromatic heterocycles. The van der Waals surface area contributed by atoms with Gasteiger partial charge in [-0.15, -0.1) is 0 Å². The van der Waals surface area contributed by atoms with E-state index in [1.165, 1.54) is 6.92 Å². The van der Waals surface area contributed by atoms with Crippen LogP contribution in [0, 0.1) is 0 Å². The Morgan fingerprint density at radius 2 is 2.60 bits per heavy atom. The molecule has 5 heavy (non-hydrogen) atoms. The number of aliphatic hydroxyl groups is 1. The van der Waals surface area contributed by atoms with E-state index in [4.69, 9.17) is 10.6 Å². The molecule has 0 amide bonds. The highest BCUT2D eigenvalue weighted by molar-refractivity contribution is 4.23. The first-order valence-corrected chi connectivity index (χ1v) is 1.43. The van der Waals surface area contributed by atoms with Crippen molar-refractivity contribution in [3.05, 3.63) is 0 Å². The van der Waals surface area contributed by atoms with Gasteiger partial charge in [0.2, 0.25) is 0 Å². The first-order valence-electron chi connectivity index (χ1n) is 3.43. The molecule has 0 radical (unpaired) electrons. The Hall–Kier alpha value is -0.0400. The van der Waals surface area contributed by atoms with Gasteiger partial charge >= 0.3 is 0 Å². The monoisotopic (exact) mass is 78.1 g/mol. The predicted octanol–water partition coefficient (Wildman–Crippen LogP) is 0.779. The van der Waals surface area contributed by atoms with Crippen molar-refractivity contribution in [3.63, 3.8) is 0 Å². The zero-order valence-corrected chi connectivity index (χ0v) is 3.15. The largest absolute Gasteiger partial charge is 0.396 e. The van der Waals surface area contributed by atoms with Gasteiger partial charge in [-0.1, -0.05) is 13.3 Å². The van der Waals surface area contributed by atoms with E-state index >= 15 is 0 Å². The van der Waals surface area contributed by atoms with Gasteiger partial charge in [0.05, 0.1) is 2.74 Å². The first-order chi connectivity index (χ1) is 3.71. The van der Waals surface area contributed by atoms with Crippen LogP contribution in [0.2, 0.25) is 0 Å². The Bertz CT molecular complexity index is 77.7. The van der Waals surface area contributed by atoms with Crippen LogP contribution in [-0.2, 0) is 0 Å². The van der Waals surface area contributed by atoms with Crippen molar-refractivity contribution in [3.8, 4) is 0 Å². The van der Waals surface area contributed by atoms with E-state index < -0.39 is 19.4 Å². The highest BCUT2D eigenvalue weighted by atomic mass is 16.2. The molecule has 1 heteroatoms. The summed E-state index contributed by atoms with van der Waals surface area (Å²) in [6.07, 6.45) is -2.13. The summed E-state index contributed by atoms with van der Waals surface area (Å²) in [4.78, 5) is 0. The van der Waals surface area contributed by atoms with E-state index in [-0.39, 0.29) is 0 Å². The van der Waals surface area contributed by atoms with Crippen molar-refractivity contribution >= 4 is 0 Å².